The van der Waals surface area contributed by atoms with Gasteiger partial charge in [0.1, 0.15) is 5.03 Å². The second-order valence-electron chi connectivity index (χ2n) is 2.86. The monoisotopic (exact) mass is 241 g/mol. The summed E-state index contributed by atoms with van der Waals surface area (Å²) in [6.45, 7) is 0. The predicted molar refractivity (Wildman–Crippen MR) is 57.9 cm³/mol. The average molecular weight is 242 g/mol. The Hall–Kier alpha value is -1.20. The summed E-state index contributed by atoms with van der Waals surface area (Å²) in [4.78, 5) is 10.7. The van der Waals surface area contributed by atoms with Crippen molar-refractivity contribution in [3.63, 3.8) is 0 Å². The maximum absolute atomic E-state index is 11.8. The summed E-state index contributed by atoms with van der Waals surface area (Å²) in [5.74, 6) is 0.344. The molecule has 2 rings (SSSR count). The van der Waals surface area contributed by atoms with E-state index in [-0.39, 0.29) is 0 Å². The molecule has 1 unspecified atom stereocenters. The molecule has 0 saturated carbocycles. The largest absolute Gasteiger partial charge is 0.348 e. The fourth-order valence-corrected chi connectivity index (χ4v) is 2.53. The Labute approximate surface area is 94.2 Å². The SMILES string of the molecule is O=S(Cc1cnc[nH]1)c1ncccc1Cl. The molecule has 2 aromatic rings. The smallest absolute Gasteiger partial charge is 0.146 e. The van der Waals surface area contributed by atoms with Crippen molar-refractivity contribution in [1.82, 2.24) is 15.0 Å². The van der Waals surface area contributed by atoms with E-state index in [9.17, 15) is 4.21 Å². The van der Waals surface area contributed by atoms with Crippen LogP contribution in [0.2, 0.25) is 5.02 Å². The quantitative estimate of drug-likeness (QED) is 0.891. The Morgan fingerprint density at radius 1 is 1.53 bits per heavy atom. The number of nitrogens with one attached hydrogen (secondary N) is 1. The van der Waals surface area contributed by atoms with Crippen LogP contribution < -0.4 is 0 Å². The van der Waals surface area contributed by atoms with Gasteiger partial charge in [-0.1, -0.05) is 11.6 Å². The molecule has 6 heteroatoms. The van der Waals surface area contributed by atoms with Gasteiger partial charge in [0.05, 0.1) is 27.9 Å². The van der Waals surface area contributed by atoms with Gasteiger partial charge in [0, 0.05) is 18.1 Å². The van der Waals surface area contributed by atoms with Gasteiger partial charge in [-0.05, 0) is 12.1 Å². The van der Waals surface area contributed by atoms with E-state index in [0.29, 0.717) is 15.8 Å². The maximum atomic E-state index is 11.8. The first kappa shape index (κ1) is 10.3. The van der Waals surface area contributed by atoms with E-state index in [2.05, 4.69) is 15.0 Å². The van der Waals surface area contributed by atoms with Crippen molar-refractivity contribution in [3.8, 4) is 0 Å². The lowest BCUT2D eigenvalue weighted by Gasteiger charge is -2.01. The highest BCUT2D eigenvalue weighted by molar-refractivity contribution is 7.84. The second kappa shape index (κ2) is 4.55. The molecule has 0 fully saturated rings. The maximum Gasteiger partial charge on any atom is 0.146 e. The molecule has 0 aliphatic heterocycles. The summed E-state index contributed by atoms with van der Waals surface area (Å²) in [5, 5.41) is 0.837. The van der Waals surface area contributed by atoms with Crippen LogP contribution in [0.15, 0.2) is 35.9 Å². The number of imidazole rings is 1. The Morgan fingerprint density at radius 3 is 3.07 bits per heavy atom. The zero-order chi connectivity index (χ0) is 10.7. The van der Waals surface area contributed by atoms with Crippen molar-refractivity contribution in [2.45, 2.75) is 10.8 Å². The normalized spacial score (nSPS) is 12.6. The van der Waals surface area contributed by atoms with Crippen molar-refractivity contribution in [1.29, 1.82) is 0 Å². The van der Waals surface area contributed by atoms with Crippen molar-refractivity contribution in [3.05, 3.63) is 41.6 Å². The molecule has 2 aromatic heterocycles. The molecule has 1 N–H and O–H groups in total. The van der Waals surface area contributed by atoms with E-state index in [1.54, 1.807) is 30.9 Å². The number of pyridine rings is 1. The first-order valence-electron chi connectivity index (χ1n) is 4.23. The summed E-state index contributed by atoms with van der Waals surface area (Å²) >= 11 is 5.88. The minimum atomic E-state index is -1.24. The molecule has 4 nitrogen and oxygen atoms in total. The molecule has 0 radical (unpaired) electrons. The summed E-state index contributed by atoms with van der Waals surface area (Å²) in [6, 6.07) is 3.38. The minimum Gasteiger partial charge on any atom is -0.348 e. The predicted octanol–water partition coefficient (Wildman–Crippen LogP) is 1.77. The Morgan fingerprint density at radius 2 is 2.40 bits per heavy atom. The second-order valence-corrected chi connectivity index (χ2v) is 4.63. The van der Waals surface area contributed by atoms with E-state index < -0.39 is 10.8 Å². The van der Waals surface area contributed by atoms with Crippen molar-refractivity contribution < 1.29 is 4.21 Å². The third-order valence-corrected chi connectivity index (χ3v) is 3.53. The molecular weight excluding hydrogens is 234 g/mol. The molecule has 0 bridgehead atoms. The van der Waals surface area contributed by atoms with E-state index in [1.165, 1.54) is 0 Å². The molecule has 15 heavy (non-hydrogen) atoms. The number of hydrogen-bond donors (Lipinski definition) is 1. The first-order chi connectivity index (χ1) is 7.27. The van der Waals surface area contributed by atoms with Crippen LogP contribution >= 0.6 is 11.6 Å². The van der Waals surface area contributed by atoms with E-state index in [1.807, 2.05) is 0 Å². The average Bonchev–Trinajstić information content (AvgIpc) is 2.71. The van der Waals surface area contributed by atoms with Crippen LogP contribution in [0, 0.1) is 0 Å². The third kappa shape index (κ3) is 2.43. The van der Waals surface area contributed by atoms with Gasteiger partial charge >= 0.3 is 0 Å². The minimum absolute atomic E-state index is 0.344. The first-order valence-corrected chi connectivity index (χ1v) is 5.93. The van der Waals surface area contributed by atoms with Crippen molar-refractivity contribution in [2.24, 2.45) is 0 Å². The molecule has 0 aromatic carbocycles. The number of nitrogens with zero attached hydrogens (tertiary/aromatic N) is 2. The Balaban J connectivity index is 2.19. The molecular formula is C9H8ClN3OS. The zero-order valence-corrected chi connectivity index (χ0v) is 9.26. The highest BCUT2D eigenvalue weighted by atomic mass is 35.5. The van der Waals surface area contributed by atoms with E-state index in [4.69, 9.17) is 11.6 Å². The topological polar surface area (TPSA) is 58.6 Å². The van der Waals surface area contributed by atoms with Crippen LogP contribution in [0.3, 0.4) is 0 Å². The molecule has 2 heterocycles. The third-order valence-electron chi connectivity index (χ3n) is 1.78. The lowest BCUT2D eigenvalue weighted by Crippen LogP contribution is -1.99. The standard InChI is InChI=1S/C9H8ClN3OS/c10-8-2-1-3-12-9(8)15(14)5-7-4-11-6-13-7/h1-4,6H,5H2,(H,11,13). The molecule has 0 amide bonds. The Bertz CT molecular complexity index is 472. The number of aromatic amines is 1. The van der Waals surface area contributed by atoms with Crippen LogP contribution in [0.1, 0.15) is 5.69 Å². The van der Waals surface area contributed by atoms with Gasteiger partial charge in [-0.15, -0.1) is 0 Å². The Kier molecular flexibility index (Phi) is 3.13. The van der Waals surface area contributed by atoms with Crippen molar-refractivity contribution in [2.75, 3.05) is 0 Å². The number of rotatable bonds is 3. The van der Waals surface area contributed by atoms with Gasteiger partial charge in [0.15, 0.2) is 0 Å². The van der Waals surface area contributed by atoms with Gasteiger partial charge in [0.2, 0.25) is 0 Å². The molecule has 0 aliphatic rings. The molecule has 78 valence electrons. The van der Waals surface area contributed by atoms with E-state index in [0.717, 1.165) is 5.69 Å². The van der Waals surface area contributed by atoms with Crippen molar-refractivity contribution >= 4 is 22.4 Å². The molecule has 0 aliphatic carbocycles. The highest BCUT2D eigenvalue weighted by Gasteiger charge is 2.10. The summed E-state index contributed by atoms with van der Waals surface area (Å²) in [5.41, 5.74) is 0.801. The lowest BCUT2D eigenvalue weighted by molar-refractivity contribution is 0.679. The lowest BCUT2D eigenvalue weighted by atomic mass is 10.5. The summed E-state index contributed by atoms with van der Waals surface area (Å²) in [6.07, 6.45) is 4.76. The van der Waals surface area contributed by atoms with Crippen LogP contribution in [0.25, 0.3) is 0 Å². The summed E-state index contributed by atoms with van der Waals surface area (Å²) < 4.78 is 11.8. The highest BCUT2D eigenvalue weighted by Crippen LogP contribution is 2.17. The van der Waals surface area contributed by atoms with E-state index >= 15 is 0 Å². The fourth-order valence-electron chi connectivity index (χ4n) is 1.11. The van der Waals surface area contributed by atoms with Gasteiger partial charge in [0.25, 0.3) is 0 Å². The number of aromatic nitrogens is 3. The molecule has 0 spiro atoms. The number of halogens is 1. The number of H-pyrrole nitrogens is 1. The van der Waals surface area contributed by atoms with Gasteiger partial charge in [-0.3, -0.25) is 4.21 Å². The van der Waals surface area contributed by atoms with Gasteiger partial charge in [-0.25, -0.2) is 9.97 Å². The fraction of sp³-hybridized carbons (Fsp3) is 0.111. The van der Waals surface area contributed by atoms with Crippen LogP contribution in [0.4, 0.5) is 0 Å². The van der Waals surface area contributed by atoms with Crippen LogP contribution in [-0.4, -0.2) is 19.2 Å². The summed E-state index contributed by atoms with van der Waals surface area (Å²) in [7, 11) is -1.24. The molecule has 0 saturated heterocycles. The van der Waals surface area contributed by atoms with Crippen LogP contribution in [0.5, 0.6) is 0 Å². The van der Waals surface area contributed by atoms with Gasteiger partial charge < -0.3 is 4.98 Å². The number of hydrogen-bond acceptors (Lipinski definition) is 3. The molecule has 1 atom stereocenters. The van der Waals surface area contributed by atoms with Crippen LogP contribution in [-0.2, 0) is 16.6 Å². The zero-order valence-electron chi connectivity index (χ0n) is 7.68. The van der Waals surface area contributed by atoms with Gasteiger partial charge in [-0.2, -0.15) is 0 Å².